The van der Waals surface area contributed by atoms with Crippen molar-refractivity contribution >= 4 is 5.91 Å². The van der Waals surface area contributed by atoms with Gasteiger partial charge in [-0.3, -0.25) is 4.79 Å². The summed E-state index contributed by atoms with van der Waals surface area (Å²) >= 11 is 0. The first-order valence-corrected chi connectivity index (χ1v) is 21.8. The topological polar surface area (TPSA) is 89.8 Å². The van der Waals surface area contributed by atoms with Crippen molar-refractivity contribution in [3.63, 3.8) is 0 Å². The molecule has 0 aliphatic carbocycles. The SMILES string of the molecule is CCCCCCCCCCCCCCCCCCCCCC(O)CC(=O)NCC(CO)C(O)CCCCCCCCCCCCCCC. The standard InChI is InChI=1S/C43H87NO4/c1-3-5-7-9-11-13-15-17-18-19-20-21-22-24-25-27-29-31-33-35-41(46)37-43(48)44-38-40(39-45)42(47)36-34-32-30-28-26-23-16-14-12-10-8-6-4-2/h40-42,45-47H,3-39H2,1-2H3,(H,44,48). The lowest BCUT2D eigenvalue weighted by atomic mass is 9.97. The molecule has 0 aromatic rings. The molecule has 0 radical (unpaired) electrons. The molecule has 0 fully saturated rings. The largest absolute Gasteiger partial charge is 0.396 e. The van der Waals surface area contributed by atoms with E-state index in [1.54, 1.807) is 0 Å². The summed E-state index contributed by atoms with van der Waals surface area (Å²) in [5, 5.41) is 33.5. The lowest BCUT2D eigenvalue weighted by molar-refractivity contribution is -0.123. The maximum Gasteiger partial charge on any atom is 0.222 e. The smallest absolute Gasteiger partial charge is 0.222 e. The Balaban J connectivity index is 3.56. The van der Waals surface area contributed by atoms with Crippen LogP contribution >= 0.6 is 0 Å². The summed E-state index contributed by atoms with van der Waals surface area (Å²) in [5.74, 6) is -0.532. The Morgan fingerprint density at radius 2 is 0.750 bits per heavy atom. The van der Waals surface area contributed by atoms with Crippen LogP contribution in [0.5, 0.6) is 0 Å². The Morgan fingerprint density at radius 1 is 0.458 bits per heavy atom. The average molecular weight is 682 g/mol. The van der Waals surface area contributed by atoms with Crippen molar-refractivity contribution in [2.75, 3.05) is 13.2 Å². The fourth-order valence-electron chi connectivity index (χ4n) is 7.02. The highest BCUT2D eigenvalue weighted by Crippen LogP contribution is 2.17. The van der Waals surface area contributed by atoms with Crippen LogP contribution in [-0.2, 0) is 4.79 Å². The molecular weight excluding hydrogens is 594 g/mol. The van der Waals surface area contributed by atoms with Crippen molar-refractivity contribution in [1.82, 2.24) is 5.32 Å². The van der Waals surface area contributed by atoms with Gasteiger partial charge in [0.1, 0.15) is 0 Å². The van der Waals surface area contributed by atoms with Gasteiger partial charge in [0.05, 0.1) is 25.2 Å². The molecule has 0 aliphatic rings. The van der Waals surface area contributed by atoms with E-state index in [9.17, 15) is 20.1 Å². The second-order valence-corrected chi connectivity index (χ2v) is 15.4. The summed E-state index contributed by atoms with van der Waals surface area (Å²) in [6.45, 7) is 4.68. The number of hydrogen-bond donors (Lipinski definition) is 4. The van der Waals surface area contributed by atoms with Crippen LogP contribution in [0.25, 0.3) is 0 Å². The number of rotatable bonds is 40. The predicted molar refractivity (Wildman–Crippen MR) is 209 cm³/mol. The fourth-order valence-corrected chi connectivity index (χ4v) is 7.02. The summed E-state index contributed by atoms with van der Waals surface area (Å²) < 4.78 is 0. The van der Waals surface area contributed by atoms with Crippen LogP contribution in [-0.4, -0.2) is 46.6 Å². The molecule has 48 heavy (non-hydrogen) atoms. The van der Waals surface area contributed by atoms with E-state index in [1.807, 2.05) is 0 Å². The van der Waals surface area contributed by atoms with Crippen LogP contribution in [0.2, 0.25) is 0 Å². The third-order valence-corrected chi connectivity index (χ3v) is 10.5. The zero-order valence-corrected chi connectivity index (χ0v) is 32.6. The first-order chi connectivity index (χ1) is 23.5. The van der Waals surface area contributed by atoms with Gasteiger partial charge in [0, 0.05) is 12.5 Å². The highest BCUT2D eigenvalue weighted by atomic mass is 16.3. The van der Waals surface area contributed by atoms with E-state index in [0.717, 1.165) is 25.7 Å². The molecule has 4 N–H and O–H groups in total. The number of aliphatic hydroxyl groups excluding tert-OH is 3. The van der Waals surface area contributed by atoms with Gasteiger partial charge in [-0.2, -0.15) is 0 Å². The van der Waals surface area contributed by atoms with E-state index in [2.05, 4.69) is 19.2 Å². The molecule has 0 heterocycles. The van der Waals surface area contributed by atoms with Crippen LogP contribution in [0.15, 0.2) is 0 Å². The molecule has 0 rings (SSSR count). The molecule has 0 aromatic carbocycles. The van der Waals surface area contributed by atoms with Crippen molar-refractivity contribution in [1.29, 1.82) is 0 Å². The summed E-state index contributed by atoms with van der Waals surface area (Å²) in [4.78, 5) is 12.3. The summed E-state index contributed by atoms with van der Waals surface area (Å²) in [7, 11) is 0. The number of hydrogen-bond acceptors (Lipinski definition) is 4. The molecule has 0 bridgehead atoms. The van der Waals surface area contributed by atoms with Crippen LogP contribution < -0.4 is 5.32 Å². The van der Waals surface area contributed by atoms with E-state index in [-0.39, 0.29) is 31.4 Å². The first-order valence-electron chi connectivity index (χ1n) is 21.8. The maximum atomic E-state index is 12.3. The number of aliphatic hydroxyl groups is 3. The molecule has 1 amide bonds. The van der Waals surface area contributed by atoms with E-state index in [0.29, 0.717) is 12.8 Å². The van der Waals surface area contributed by atoms with Crippen molar-refractivity contribution in [2.45, 2.75) is 251 Å². The third kappa shape index (κ3) is 35.2. The third-order valence-electron chi connectivity index (χ3n) is 10.5. The molecule has 0 aromatic heterocycles. The van der Waals surface area contributed by atoms with E-state index < -0.39 is 12.2 Å². The van der Waals surface area contributed by atoms with Crippen LogP contribution in [0, 0.1) is 5.92 Å². The highest BCUT2D eigenvalue weighted by molar-refractivity contribution is 5.76. The summed E-state index contributed by atoms with van der Waals surface area (Å²) in [6.07, 6.45) is 42.7. The van der Waals surface area contributed by atoms with Crippen LogP contribution in [0.1, 0.15) is 239 Å². The quantitative estimate of drug-likeness (QED) is 0.0485. The zero-order chi connectivity index (χ0) is 35.2. The monoisotopic (exact) mass is 682 g/mol. The number of nitrogens with one attached hydrogen (secondary N) is 1. The van der Waals surface area contributed by atoms with Gasteiger partial charge in [0.2, 0.25) is 5.91 Å². The molecule has 0 spiro atoms. The fraction of sp³-hybridized carbons (Fsp3) is 0.977. The summed E-state index contributed by atoms with van der Waals surface area (Å²) in [5.41, 5.74) is 0. The minimum atomic E-state index is -0.612. The van der Waals surface area contributed by atoms with Gasteiger partial charge in [-0.15, -0.1) is 0 Å². The second-order valence-electron chi connectivity index (χ2n) is 15.4. The molecule has 3 atom stereocenters. The molecule has 0 saturated carbocycles. The van der Waals surface area contributed by atoms with E-state index >= 15 is 0 Å². The molecule has 5 nitrogen and oxygen atoms in total. The minimum Gasteiger partial charge on any atom is -0.396 e. The van der Waals surface area contributed by atoms with Gasteiger partial charge in [-0.25, -0.2) is 0 Å². The van der Waals surface area contributed by atoms with Gasteiger partial charge in [0.15, 0.2) is 0 Å². The molecule has 3 unspecified atom stereocenters. The van der Waals surface area contributed by atoms with Crippen molar-refractivity contribution in [3.8, 4) is 0 Å². The normalized spacial score (nSPS) is 13.5. The van der Waals surface area contributed by atoms with E-state index in [1.165, 1.54) is 180 Å². The lowest BCUT2D eigenvalue weighted by Crippen LogP contribution is -2.38. The second kappa shape index (κ2) is 39.1. The van der Waals surface area contributed by atoms with E-state index in [4.69, 9.17) is 0 Å². The molecular formula is C43H87NO4. The first kappa shape index (κ1) is 47.4. The number of unbranched alkanes of at least 4 members (excludes halogenated alkanes) is 30. The Morgan fingerprint density at radius 3 is 1.06 bits per heavy atom. The maximum absolute atomic E-state index is 12.3. The van der Waals surface area contributed by atoms with Gasteiger partial charge in [-0.1, -0.05) is 219 Å². The molecule has 5 heteroatoms. The number of carbonyl (C=O) groups excluding carboxylic acids is 1. The Kier molecular flexibility index (Phi) is 38.6. The van der Waals surface area contributed by atoms with Crippen molar-refractivity contribution < 1.29 is 20.1 Å². The Bertz CT molecular complexity index is 630. The van der Waals surface area contributed by atoms with Crippen molar-refractivity contribution in [2.24, 2.45) is 5.92 Å². The lowest BCUT2D eigenvalue weighted by Gasteiger charge is -2.21. The Hall–Kier alpha value is -0.650. The zero-order valence-electron chi connectivity index (χ0n) is 32.6. The highest BCUT2D eigenvalue weighted by Gasteiger charge is 2.20. The minimum absolute atomic E-state index is 0.103. The van der Waals surface area contributed by atoms with Crippen LogP contribution in [0.4, 0.5) is 0 Å². The van der Waals surface area contributed by atoms with Gasteiger partial charge < -0.3 is 20.6 Å². The molecule has 0 saturated heterocycles. The van der Waals surface area contributed by atoms with Gasteiger partial charge in [-0.05, 0) is 12.8 Å². The summed E-state index contributed by atoms with van der Waals surface area (Å²) in [6, 6.07) is 0. The molecule has 0 aliphatic heterocycles. The number of amides is 1. The van der Waals surface area contributed by atoms with Gasteiger partial charge in [0.25, 0.3) is 0 Å². The molecule has 288 valence electrons. The van der Waals surface area contributed by atoms with Gasteiger partial charge >= 0.3 is 0 Å². The number of carbonyl (C=O) groups is 1. The van der Waals surface area contributed by atoms with Crippen LogP contribution in [0.3, 0.4) is 0 Å². The average Bonchev–Trinajstić information content (AvgIpc) is 3.08. The predicted octanol–water partition coefficient (Wildman–Crippen LogP) is 12.1. The van der Waals surface area contributed by atoms with Crippen molar-refractivity contribution in [3.05, 3.63) is 0 Å². The Labute approximate surface area is 300 Å².